The normalized spacial score (nSPS) is 11.0. The van der Waals surface area contributed by atoms with Crippen LogP contribution in [-0.2, 0) is 13.0 Å². The summed E-state index contributed by atoms with van der Waals surface area (Å²) >= 11 is 0. The number of hydrogen-bond donors (Lipinski definition) is 1. The zero-order valence-electron chi connectivity index (χ0n) is 21.9. The highest BCUT2D eigenvalue weighted by Crippen LogP contribution is 2.21. The zero-order valence-corrected chi connectivity index (χ0v) is 21.9. The lowest BCUT2D eigenvalue weighted by molar-refractivity contribution is 0.0953. The monoisotopic (exact) mass is 499 g/mol. The number of hydrogen-bond acceptors (Lipinski definition) is 4. The molecule has 0 saturated carbocycles. The molecule has 0 aliphatic rings. The number of benzene rings is 3. The van der Waals surface area contributed by atoms with Crippen LogP contribution in [0, 0.1) is 6.92 Å². The molecule has 0 saturated heterocycles. The van der Waals surface area contributed by atoms with Gasteiger partial charge in [-0.15, -0.1) is 0 Å². The van der Waals surface area contributed by atoms with Gasteiger partial charge in [0.2, 0.25) is 0 Å². The molecular weight excluding hydrogens is 462 g/mol. The third-order valence-electron chi connectivity index (χ3n) is 6.46. The minimum atomic E-state index is 0.000809. The number of rotatable bonds is 14. The number of aromatic nitrogens is 2. The Hall–Kier alpha value is -3.80. The van der Waals surface area contributed by atoms with E-state index < -0.39 is 0 Å². The molecule has 0 aliphatic heterocycles. The molecule has 6 nitrogen and oxygen atoms in total. The molecule has 0 atom stereocenters. The van der Waals surface area contributed by atoms with Crippen molar-refractivity contribution in [3.8, 4) is 11.5 Å². The summed E-state index contributed by atoms with van der Waals surface area (Å²) < 4.78 is 13.5. The molecule has 3 aromatic carbocycles. The van der Waals surface area contributed by atoms with Crippen LogP contribution in [0.5, 0.6) is 11.5 Å². The summed E-state index contributed by atoms with van der Waals surface area (Å²) in [5.41, 5.74) is 4.06. The van der Waals surface area contributed by atoms with Crippen LogP contribution in [0.15, 0.2) is 72.8 Å². The maximum Gasteiger partial charge on any atom is 0.251 e. The number of para-hydroxylation sites is 2. The van der Waals surface area contributed by atoms with Crippen molar-refractivity contribution in [2.45, 2.75) is 52.0 Å². The van der Waals surface area contributed by atoms with Crippen molar-refractivity contribution in [1.29, 1.82) is 0 Å². The first-order chi connectivity index (χ1) is 18.1. The van der Waals surface area contributed by atoms with Crippen LogP contribution in [0.2, 0.25) is 0 Å². The molecule has 1 heterocycles. The van der Waals surface area contributed by atoms with E-state index in [9.17, 15) is 4.79 Å². The van der Waals surface area contributed by atoms with E-state index in [-0.39, 0.29) is 5.91 Å². The largest absolute Gasteiger partial charge is 0.497 e. The molecule has 6 heteroatoms. The van der Waals surface area contributed by atoms with Gasteiger partial charge in [-0.3, -0.25) is 4.79 Å². The van der Waals surface area contributed by atoms with Gasteiger partial charge >= 0.3 is 0 Å². The fourth-order valence-corrected chi connectivity index (χ4v) is 4.49. The number of nitrogens with zero attached hydrogens (tertiary/aromatic N) is 2. The summed E-state index contributed by atoms with van der Waals surface area (Å²) in [6, 6.07) is 23.8. The van der Waals surface area contributed by atoms with Crippen molar-refractivity contribution in [2.75, 3.05) is 20.3 Å². The molecule has 37 heavy (non-hydrogen) atoms. The van der Waals surface area contributed by atoms with Crippen LogP contribution in [0.25, 0.3) is 11.0 Å². The number of aryl methyl sites for hydroxylation is 3. The molecule has 4 rings (SSSR count). The summed E-state index contributed by atoms with van der Waals surface area (Å²) in [5, 5.41) is 3.04. The Morgan fingerprint density at radius 3 is 2.59 bits per heavy atom. The first-order valence-corrected chi connectivity index (χ1v) is 13.2. The van der Waals surface area contributed by atoms with Crippen molar-refractivity contribution in [3.63, 3.8) is 0 Å². The fourth-order valence-electron chi connectivity index (χ4n) is 4.49. The Balaban J connectivity index is 1.22. The topological polar surface area (TPSA) is 65.4 Å². The van der Waals surface area contributed by atoms with Gasteiger partial charge < -0.3 is 19.4 Å². The first kappa shape index (κ1) is 26.3. The first-order valence-electron chi connectivity index (χ1n) is 13.2. The molecule has 1 aromatic heterocycles. The summed E-state index contributed by atoms with van der Waals surface area (Å²) in [6.07, 6.45) is 5.96. The number of amides is 1. The van der Waals surface area contributed by atoms with E-state index in [2.05, 4.69) is 28.1 Å². The fraction of sp³-hybridized carbons (Fsp3) is 0.355. The molecule has 4 aromatic rings. The molecule has 0 unspecified atom stereocenters. The highest BCUT2D eigenvalue weighted by Gasteiger charge is 2.10. The van der Waals surface area contributed by atoms with E-state index in [1.165, 1.54) is 5.52 Å². The summed E-state index contributed by atoms with van der Waals surface area (Å²) in [5.74, 6) is 2.78. The highest BCUT2D eigenvalue weighted by molar-refractivity contribution is 5.94. The van der Waals surface area contributed by atoms with Crippen LogP contribution >= 0.6 is 0 Å². The van der Waals surface area contributed by atoms with Crippen LogP contribution in [0.1, 0.15) is 53.8 Å². The van der Waals surface area contributed by atoms with Crippen LogP contribution in [-0.4, -0.2) is 35.7 Å². The Labute approximate surface area is 219 Å². The Kier molecular flexibility index (Phi) is 9.58. The van der Waals surface area contributed by atoms with Crippen LogP contribution < -0.4 is 14.8 Å². The number of methoxy groups -OCH3 is 1. The van der Waals surface area contributed by atoms with E-state index in [0.29, 0.717) is 13.2 Å². The second-order valence-corrected chi connectivity index (χ2v) is 9.34. The molecule has 0 bridgehead atoms. The molecule has 1 N–H and O–H groups in total. The standard InChI is InChI=1S/C31H37N3O3/c1-24-12-10-13-25(22-24)31(35)32-19-7-3-4-18-30-33-28-16-5-6-17-29(28)34(30)20-8-9-21-37-27-15-11-14-26(23-27)36-2/h5-6,10-17,22-23H,3-4,7-9,18-21H2,1-2H3,(H,32,35). The maximum atomic E-state index is 12.3. The number of imidazole rings is 1. The Morgan fingerprint density at radius 1 is 0.892 bits per heavy atom. The molecule has 1 amide bonds. The minimum Gasteiger partial charge on any atom is -0.497 e. The molecule has 194 valence electrons. The number of carbonyl (C=O) groups excluding carboxylic acids is 1. The van der Waals surface area contributed by atoms with Gasteiger partial charge in [-0.1, -0.05) is 42.3 Å². The summed E-state index contributed by atoms with van der Waals surface area (Å²) in [4.78, 5) is 17.2. The van der Waals surface area contributed by atoms with Crippen molar-refractivity contribution in [3.05, 3.63) is 89.7 Å². The van der Waals surface area contributed by atoms with E-state index in [0.717, 1.165) is 79.0 Å². The third-order valence-corrected chi connectivity index (χ3v) is 6.46. The van der Waals surface area contributed by atoms with E-state index in [4.69, 9.17) is 14.5 Å². The average molecular weight is 500 g/mol. The summed E-state index contributed by atoms with van der Waals surface area (Å²) in [7, 11) is 1.66. The van der Waals surface area contributed by atoms with Crippen LogP contribution in [0.4, 0.5) is 0 Å². The lowest BCUT2D eigenvalue weighted by atomic mass is 10.1. The van der Waals surface area contributed by atoms with Gasteiger partial charge in [-0.2, -0.15) is 0 Å². The lowest BCUT2D eigenvalue weighted by Gasteiger charge is -2.11. The number of fused-ring (bicyclic) bond motifs is 1. The third kappa shape index (κ3) is 7.59. The lowest BCUT2D eigenvalue weighted by Crippen LogP contribution is -2.24. The van der Waals surface area contributed by atoms with Gasteiger partial charge in [0, 0.05) is 31.1 Å². The molecule has 0 radical (unpaired) electrons. The molecule has 0 fully saturated rings. The van der Waals surface area contributed by atoms with Gasteiger partial charge in [-0.05, 0) is 69.0 Å². The van der Waals surface area contributed by atoms with E-state index >= 15 is 0 Å². The predicted molar refractivity (Wildman–Crippen MR) is 149 cm³/mol. The van der Waals surface area contributed by atoms with Crippen molar-refractivity contribution < 1.29 is 14.3 Å². The van der Waals surface area contributed by atoms with Crippen molar-refractivity contribution >= 4 is 16.9 Å². The highest BCUT2D eigenvalue weighted by atomic mass is 16.5. The number of unbranched alkanes of at least 4 members (excludes halogenated alkanes) is 3. The molecule has 0 aliphatic carbocycles. The van der Waals surface area contributed by atoms with Crippen molar-refractivity contribution in [1.82, 2.24) is 14.9 Å². The molecule has 0 spiro atoms. The van der Waals surface area contributed by atoms with Gasteiger partial charge in [0.1, 0.15) is 17.3 Å². The van der Waals surface area contributed by atoms with E-state index in [1.807, 2.05) is 61.5 Å². The second-order valence-electron chi connectivity index (χ2n) is 9.34. The second kappa shape index (κ2) is 13.5. The quantitative estimate of drug-likeness (QED) is 0.205. The van der Waals surface area contributed by atoms with Crippen molar-refractivity contribution in [2.24, 2.45) is 0 Å². The predicted octanol–water partition coefficient (Wildman–Crippen LogP) is 6.36. The number of carbonyl (C=O) groups is 1. The number of nitrogens with one attached hydrogen (secondary N) is 1. The minimum absolute atomic E-state index is 0.000809. The van der Waals surface area contributed by atoms with Crippen LogP contribution in [0.3, 0.4) is 0 Å². The Bertz CT molecular complexity index is 1300. The zero-order chi connectivity index (χ0) is 25.9. The summed E-state index contributed by atoms with van der Waals surface area (Å²) in [6.45, 7) is 4.28. The molecular formula is C31H37N3O3. The number of ether oxygens (including phenoxy) is 2. The van der Waals surface area contributed by atoms with Gasteiger partial charge in [-0.25, -0.2) is 4.98 Å². The van der Waals surface area contributed by atoms with E-state index in [1.54, 1.807) is 7.11 Å². The SMILES string of the molecule is COc1cccc(OCCCCn2c(CCCCCNC(=O)c3cccc(C)c3)nc3ccccc32)c1. The van der Waals surface area contributed by atoms with Gasteiger partial charge in [0.05, 0.1) is 24.8 Å². The average Bonchev–Trinajstić information content (AvgIpc) is 3.27. The Morgan fingerprint density at radius 2 is 1.73 bits per heavy atom. The van der Waals surface area contributed by atoms with Gasteiger partial charge in [0.15, 0.2) is 0 Å². The maximum absolute atomic E-state index is 12.3. The smallest absolute Gasteiger partial charge is 0.251 e. The van der Waals surface area contributed by atoms with Gasteiger partial charge in [0.25, 0.3) is 5.91 Å².